The van der Waals surface area contributed by atoms with Crippen molar-refractivity contribution in [2.75, 3.05) is 5.73 Å². The molecule has 0 unspecified atom stereocenters. The van der Waals surface area contributed by atoms with Gasteiger partial charge in [-0.1, -0.05) is 28.8 Å². The summed E-state index contributed by atoms with van der Waals surface area (Å²) in [6.07, 6.45) is 0. The molecule has 2 N–H and O–H groups in total. The van der Waals surface area contributed by atoms with Crippen LogP contribution in [0.25, 0.3) is 0 Å². The summed E-state index contributed by atoms with van der Waals surface area (Å²) >= 11 is 0. The van der Waals surface area contributed by atoms with Crippen molar-refractivity contribution in [2.24, 2.45) is 0 Å². The van der Waals surface area contributed by atoms with Crippen molar-refractivity contribution < 1.29 is 4.79 Å². The Bertz CT molecular complexity index is 594. The molecule has 2 aromatic rings. The van der Waals surface area contributed by atoms with Crippen LogP contribution in [-0.4, -0.2) is 5.78 Å². The maximum Gasteiger partial charge on any atom is 0.195 e. The van der Waals surface area contributed by atoms with Crippen LogP contribution < -0.4 is 5.73 Å². The molecule has 0 spiro atoms. The molecule has 0 amide bonds. The topological polar surface area (TPSA) is 43.1 Å². The lowest BCUT2D eigenvalue weighted by Gasteiger charge is -2.08. The van der Waals surface area contributed by atoms with Crippen LogP contribution in [0.2, 0.25) is 0 Å². The first-order valence-corrected chi connectivity index (χ1v) is 5.96. The van der Waals surface area contributed by atoms with E-state index in [9.17, 15) is 4.79 Å². The molecule has 0 heterocycles. The van der Waals surface area contributed by atoms with Gasteiger partial charge < -0.3 is 5.73 Å². The second kappa shape index (κ2) is 4.65. The summed E-state index contributed by atoms with van der Waals surface area (Å²) in [7, 11) is 0. The number of nitrogen functional groups attached to an aromatic ring is 1. The maximum atomic E-state index is 12.4. The zero-order chi connectivity index (χ0) is 13.3. The SMILES string of the molecule is Cc1cc(C)cc(C(=O)c2cc(C)ccc2N)c1. The Morgan fingerprint density at radius 1 is 0.889 bits per heavy atom. The molecule has 2 aromatic carbocycles. The number of hydrogen-bond acceptors (Lipinski definition) is 2. The van der Waals surface area contributed by atoms with Crippen molar-refractivity contribution in [3.8, 4) is 0 Å². The summed E-state index contributed by atoms with van der Waals surface area (Å²) in [4.78, 5) is 12.4. The van der Waals surface area contributed by atoms with E-state index in [1.807, 2.05) is 45.0 Å². The summed E-state index contributed by atoms with van der Waals surface area (Å²) in [5, 5.41) is 0. The standard InChI is InChI=1S/C16H17NO/c1-10-4-5-15(17)14(9-10)16(18)13-7-11(2)6-12(3)8-13/h4-9H,17H2,1-3H3. The minimum atomic E-state index is -0.0111. The quantitative estimate of drug-likeness (QED) is 0.644. The number of anilines is 1. The Labute approximate surface area is 107 Å². The average Bonchev–Trinajstić information content (AvgIpc) is 2.30. The highest BCUT2D eigenvalue weighted by atomic mass is 16.1. The van der Waals surface area contributed by atoms with Crippen LogP contribution in [0.3, 0.4) is 0 Å². The highest BCUT2D eigenvalue weighted by Gasteiger charge is 2.13. The molecule has 0 bridgehead atoms. The highest BCUT2D eigenvalue weighted by Crippen LogP contribution is 2.19. The highest BCUT2D eigenvalue weighted by molar-refractivity contribution is 6.12. The van der Waals surface area contributed by atoms with E-state index in [0.29, 0.717) is 16.8 Å². The first-order valence-electron chi connectivity index (χ1n) is 5.96. The van der Waals surface area contributed by atoms with Gasteiger partial charge in [0.1, 0.15) is 0 Å². The number of hydrogen-bond donors (Lipinski definition) is 1. The molecule has 18 heavy (non-hydrogen) atoms. The number of nitrogens with two attached hydrogens (primary N) is 1. The van der Waals surface area contributed by atoms with Crippen LogP contribution in [0.15, 0.2) is 36.4 Å². The molecule has 0 aliphatic heterocycles. The lowest BCUT2D eigenvalue weighted by Crippen LogP contribution is -2.06. The predicted molar refractivity (Wildman–Crippen MR) is 74.9 cm³/mol. The van der Waals surface area contributed by atoms with Crippen LogP contribution >= 0.6 is 0 Å². The van der Waals surface area contributed by atoms with E-state index in [2.05, 4.69) is 6.07 Å². The Kier molecular flexibility index (Phi) is 3.19. The number of carbonyl (C=O) groups excluding carboxylic acids is 1. The first kappa shape index (κ1) is 12.4. The van der Waals surface area contributed by atoms with Crippen molar-refractivity contribution in [1.29, 1.82) is 0 Å². The van der Waals surface area contributed by atoms with Gasteiger partial charge in [-0.15, -0.1) is 0 Å². The Morgan fingerprint density at radius 2 is 1.50 bits per heavy atom. The van der Waals surface area contributed by atoms with E-state index < -0.39 is 0 Å². The van der Waals surface area contributed by atoms with Crippen LogP contribution in [0.1, 0.15) is 32.6 Å². The Balaban J connectivity index is 2.51. The third-order valence-corrected chi connectivity index (χ3v) is 2.94. The molecule has 0 fully saturated rings. The molecule has 0 radical (unpaired) electrons. The summed E-state index contributed by atoms with van der Waals surface area (Å²) in [6.45, 7) is 5.93. The van der Waals surface area contributed by atoms with Gasteiger partial charge in [-0.3, -0.25) is 4.79 Å². The predicted octanol–water partition coefficient (Wildman–Crippen LogP) is 3.43. The van der Waals surface area contributed by atoms with Gasteiger partial charge in [0, 0.05) is 16.8 Å². The van der Waals surface area contributed by atoms with Crippen molar-refractivity contribution in [3.05, 3.63) is 64.2 Å². The van der Waals surface area contributed by atoms with Crippen molar-refractivity contribution >= 4 is 11.5 Å². The molecule has 0 aromatic heterocycles. The zero-order valence-electron chi connectivity index (χ0n) is 10.9. The van der Waals surface area contributed by atoms with E-state index in [4.69, 9.17) is 5.73 Å². The number of ketones is 1. The van der Waals surface area contributed by atoms with Crippen LogP contribution in [-0.2, 0) is 0 Å². The van der Waals surface area contributed by atoms with Crippen LogP contribution in [0.5, 0.6) is 0 Å². The van der Waals surface area contributed by atoms with E-state index in [1.165, 1.54) is 0 Å². The third-order valence-electron chi connectivity index (χ3n) is 2.94. The number of aryl methyl sites for hydroxylation is 3. The first-order chi connectivity index (χ1) is 8.47. The molecule has 2 nitrogen and oxygen atoms in total. The molecular weight excluding hydrogens is 222 g/mol. The van der Waals surface area contributed by atoms with Gasteiger partial charge in [0.2, 0.25) is 0 Å². The Morgan fingerprint density at radius 3 is 2.11 bits per heavy atom. The second-order valence-electron chi connectivity index (χ2n) is 4.80. The van der Waals surface area contributed by atoms with Crippen molar-refractivity contribution in [2.45, 2.75) is 20.8 Å². The number of benzene rings is 2. The summed E-state index contributed by atoms with van der Waals surface area (Å²) in [5.41, 5.74) is 10.9. The van der Waals surface area contributed by atoms with Gasteiger partial charge in [-0.05, 0) is 45.0 Å². The van der Waals surface area contributed by atoms with Gasteiger partial charge in [-0.25, -0.2) is 0 Å². The average molecular weight is 239 g/mol. The van der Waals surface area contributed by atoms with Gasteiger partial charge in [0.15, 0.2) is 5.78 Å². The van der Waals surface area contributed by atoms with Crippen LogP contribution in [0, 0.1) is 20.8 Å². The van der Waals surface area contributed by atoms with E-state index >= 15 is 0 Å². The van der Waals surface area contributed by atoms with E-state index in [0.717, 1.165) is 16.7 Å². The normalized spacial score (nSPS) is 10.4. The summed E-state index contributed by atoms with van der Waals surface area (Å²) in [6, 6.07) is 11.4. The zero-order valence-corrected chi connectivity index (χ0v) is 10.9. The maximum absolute atomic E-state index is 12.4. The smallest absolute Gasteiger partial charge is 0.195 e. The number of carbonyl (C=O) groups is 1. The molecular formula is C16H17NO. The summed E-state index contributed by atoms with van der Waals surface area (Å²) < 4.78 is 0. The van der Waals surface area contributed by atoms with Gasteiger partial charge in [0.05, 0.1) is 0 Å². The molecule has 2 heteroatoms. The van der Waals surface area contributed by atoms with Crippen molar-refractivity contribution in [3.63, 3.8) is 0 Å². The lowest BCUT2D eigenvalue weighted by molar-refractivity contribution is 0.103. The molecule has 0 atom stereocenters. The van der Waals surface area contributed by atoms with Crippen LogP contribution in [0.4, 0.5) is 5.69 Å². The second-order valence-corrected chi connectivity index (χ2v) is 4.80. The fourth-order valence-electron chi connectivity index (χ4n) is 2.13. The lowest BCUT2D eigenvalue weighted by atomic mass is 9.97. The van der Waals surface area contributed by atoms with Crippen molar-refractivity contribution in [1.82, 2.24) is 0 Å². The summed E-state index contributed by atoms with van der Waals surface area (Å²) in [5.74, 6) is -0.0111. The molecule has 0 saturated heterocycles. The fourth-order valence-corrected chi connectivity index (χ4v) is 2.13. The molecule has 92 valence electrons. The minimum absolute atomic E-state index is 0.0111. The largest absolute Gasteiger partial charge is 0.398 e. The van der Waals surface area contributed by atoms with E-state index in [1.54, 1.807) is 6.07 Å². The van der Waals surface area contributed by atoms with Gasteiger partial charge in [0.25, 0.3) is 0 Å². The molecule has 0 aliphatic rings. The number of rotatable bonds is 2. The molecule has 2 rings (SSSR count). The van der Waals surface area contributed by atoms with E-state index in [-0.39, 0.29) is 5.78 Å². The molecule has 0 aliphatic carbocycles. The third kappa shape index (κ3) is 2.43. The fraction of sp³-hybridized carbons (Fsp3) is 0.188. The minimum Gasteiger partial charge on any atom is -0.398 e. The van der Waals surface area contributed by atoms with Gasteiger partial charge >= 0.3 is 0 Å². The van der Waals surface area contributed by atoms with Gasteiger partial charge in [-0.2, -0.15) is 0 Å². The Hall–Kier alpha value is -2.09. The molecule has 0 saturated carbocycles. The monoisotopic (exact) mass is 239 g/mol.